The third-order valence-corrected chi connectivity index (χ3v) is 4.99. The van der Waals surface area contributed by atoms with Gasteiger partial charge in [0.25, 0.3) is 0 Å². The second-order valence-corrected chi connectivity index (χ2v) is 6.58. The topological polar surface area (TPSA) is 19.0 Å². The summed E-state index contributed by atoms with van der Waals surface area (Å²) in [5.74, 6) is 0.939. The summed E-state index contributed by atoms with van der Waals surface area (Å²) in [4.78, 5) is 7.04. The molecule has 0 aliphatic carbocycles. The molecule has 0 bridgehead atoms. The zero-order valence-corrected chi connectivity index (χ0v) is 14.9. The highest BCUT2D eigenvalue weighted by molar-refractivity contribution is 5.77. The van der Waals surface area contributed by atoms with Gasteiger partial charge in [0.15, 0.2) is 0 Å². The van der Waals surface area contributed by atoms with Crippen LogP contribution < -0.4 is 14.5 Å². The van der Waals surface area contributed by atoms with Crippen molar-refractivity contribution in [1.29, 1.82) is 0 Å². The third kappa shape index (κ3) is 3.10. The van der Waals surface area contributed by atoms with E-state index in [9.17, 15) is 0 Å². The minimum atomic E-state index is 0.939. The minimum Gasteiger partial charge on any atom is -0.495 e. The first-order valence-electron chi connectivity index (χ1n) is 8.77. The molecule has 129 valence electrons. The number of ether oxygens (including phenoxy) is 1. The number of benzene rings is 2. The number of para-hydroxylation sites is 1. The van der Waals surface area contributed by atoms with Gasteiger partial charge in [0.2, 0.25) is 0 Å². The lowest BCUT2D eigenvalue weighted by Crippen LogP contribution is -2.44. The average Bonchev–Trinajstić information content (AvgIpc) is 2.68. The lowest BCUT2D eigenvalue weighted by atomic mass is 10.0. The van der Waals surface area contributed by atoms with Crippen LogP contribution in [0.4, 0.5) is 17.1 Å². The number of nitrogens with zero attached hydrogens (tertiary/aromatic N) is 3. The van der Waals surface area contributed by atoms with Gasteiger partial charge in [-0.2, -0.15) is 0 Å². The van der Waals surface area contributed by atoms with E-state index in [0.29, 0.717) is 0 Å². The molecule has 2 aromatic rings. The van der Waals surface area contributed by atoms with E-state index in [2.05, 4.69) is 82.9 Å². The first-order chi connectivity index (χ1) is 12.3. The van der Waals surface area contributed by atoms with Gasteiger partial charge < -0.3 is 19.4 Å². The van der Waals surface area contributed by atoms with Gasteiger partial charge in [-0.05, 0) is 36.9 Å². The Kier molecular flexibility index (Phi) is 4.36. The molecule has 25 heavy (non-hydrogen) atoms. The Hall–Kier alpha value is -2.46. The molecule has 0 saturated carbocycles. The summed E-state index contributed by atoms with van der Waals surface area (Å²) in [5.41, 5.74) is 4.78. The Morgan fingerprint density at radius 2 is 1.72 bits per heavy atom. The summed E-state index contributed by atoms with van der Waals surface area (Å²) < 4.78 is 5.64. The Bertz CT molecular complexity index is 778. The van der Waals surface area contributed by atoms with E-state index in [1.54, 1.807) is 7.11 Å². The summed E-state index contributed by atoms with van der Waals surface area (Å²) in [6, 6.07) is 14.9. The zero-order valence-electron chi connectivity index (χ0n) is 14.9. The fourth-order valence-electron chi connectivity index (χ4n) is 3.51. The molecule has 0 spiro atoms. The summed E-state index contributed by atoms with van der Waals surface area (Å²) in [6.07, 6.45) is 6.37. The van der Waals surface area contributed by atoms with Gasteiger partial charge in [-0.25, -0.2) is 0 Å². The number of hydrogen-bond acceptors (Lipinski definition) is 4. The third-order valence-electron chi connectivity index (χ3n) is 4.99. The van der Waals surface area contributed by atoms with Crippen LogP contribution in [0.3, 0.4) is 0 Å². The molecule has 4 rings (SSSR count). The Balaban J connectivity index is 1.70. The Morgan fingerprint density at radius 3 is 2.52 bits per heavy atom. The van der Waals surface area contributed by atoms with Crippen molar-refractivity contribution in [3.8, 4) is 5.75 Å². The molecular formula is C21H24N3O. The molecule has 2 aliphatic heterocycles. The van der Waals surface area contributed by atoms with E-state index >= 15 is 0 Å². The molecule has 2 aromatic carbocycles. The number of rotatable bonds is 3. The molecule has 0 aromatic heterocycles. The van der Waals surface area contributed by atoms with Gasteiger partial charge >= 0.3 is 0 Å². The molecule has 4 heteroatoms. The average molecular weight is 334 g/mol. The summed E-state index contributed by atoms with van der Waals surface area (Å²) in [7, 11) is 3.93. The SMILES string of the molecule is COc1ccc(N2C=C[CH]c3ccccc32)cc1N1CCN(C)CC1. The molecule has 1 saturated heterocycles. The van der Waals surface area contributed by atoms with Gasteiger partial charge in [-0.1, -0.05) is 24.3 Å². The number of hydrogen-bond donors (Lipinski definition) is 0. The van der Waals surface area contributed by atoms with Crippen LogP contribution in [0.25, 0.3) is 0 Å². The van der Waals surface area contributed by atoms with E-state index in [1.165, 1.54) is 16.9 Å². The maximum absolute atomic E-state index is 5.64. The first-order valence-corrected chi connectivity index (χ1v) is 8.77. The number of fused-ring (bicyclic) bond motifs is 1. The summed E-state index contributed by atoms with van der Waals surface area (Å²) >= 11 is 0. The van der Waals surface area contributed by atoms with Gasteiger partial charge in [0.1, 0.15) is 5.75 Å². The van der Waals surface area contributed by atoms with Crippen LogP contribution >= 0.6 is 0 Å². The number of piperazine rings is 1. The fourth-order valence-corrected chi connectivity index (χ4v) is 3.51. The van der Waals surface area contributed by atoms with Gasteiger partial charge in [0, 0.05) is 50.2 Å². The molecule has 0 unspecified atom stereocenters. The highest BCUT2D eigenvalue weighted by atomic mass is 16.5. The van der Waals surface area contributed by atoms with Crippen molar-refractivity contribution >= 4 is 17.1 Å². The highest BCUT2D eigenvalue weighted by Gasteiger charge is 2.20. The molecular weight excluding hydrogens is 310 g/mol. The van der Waals surface area contributed by atoms with Crippen LogP contribution in [0.15, 0.2) is 54.7 Å². The number of likely N-dealkylation sites (N-methyl/N-ethyl adjacent to an activating group) is 1. The monoisotopic (exact) mass is 334 g/mol. The van der Waals surface area contributed by atoms with E-state index in [-0.39, 0.29) is 0 Å². The second kappa shape index (κ2) is 6.81. The first kappa shape index (κ1) is 16.0. The van der Waals surface area contributed by atoms with Crippen molar-refractivity contribution in [2.24, 2.45) is 0 Å². The molecule has 0 amide bonds. The number of methoxy groups -OCH3 is 1. The van der Waals surface area contributed by atoms with Crippen LogP contribution in [-0.4, -0.2) is 45.2 Å². The molecule has 2 aliphatic rings. The van der Waals surface area contributed by atoms with Gasteiger partial charge in [-0.15, -0.1) is 0 Å². The largest absolute Gasteiger partial charge is 0.495 e. The van der Waals surface area contributed by atoms with Crippen molar-refractivity contribution in [3.63, 3.8) is 0 Å². The highest BCUT2D eigenvalue weighted by Crippen LogP contribution is 2.38. The van der Waals surface area contributed by atoms with Crippen LogP contribution in [0, 0.1) is 6.42 Å². The van der Waals surface area contributed by atoms with E-state index in [0.717, 1.165) is 37.6 Å². The van der Waals surface area contributed by atoms with Crippen LogP contribution in [0.2, 0.25) is 0 Å². The quantitative estimate of drug-likeness (QED) is 0.852. The standard InChI is InChI=1S/C21H24N3O/c1-22-12-14-23(15-13-22)20-16-18(9-10-21(20)25-2)24-11-5-7-17-6-3-4-8-19(17)24/h3-11,16H,12-15H2,1-2H3. The maximum Gasteiger partial charge on any atom is 0.142 e. The molecule has 1 radical (unpaired) electrons. The van der Waals surface area contributed by atoms with Crippen LogP contribution in [0.1, 0.15) is 5.56 Å². The maximum atomic E-state index is 5.64. The van der Waals surface area contributed by atoms with Crippen molar-refractivity contribution < 1.29 is 4.74 Å². The summed E-state index contributed by atoms with van der Waals surface area (Å²) in [6.45, 7) is 4.20. The van der Waals surface area contributed by atoms with Gasteiger partial charge in [-0.3, -0.25) is 0 Å². The zero-order chi connectivity index (χ0) is 17.2. The molecule has 2 heterocycles. The smallest absolute Gasteiger partial charge is 0.142 e. The van der Waals surface area contributed by atoms with Gasteiger partial charge in [0.05, 0.1) is 12.8 Å². The lowest BCUT2D eigenvalue weighted by molar-refractivity contribution is 0.311. The van der Waals surface area contributed by atoms with Crippen molar-refractivity contribution in [1.82, 2.24) is 4.90 Å². The van der Waals surface area contributed by atoms with Crippen molar-refractivity contribution in [2.45, 2.75) is 0 Å². The minimum absolute atomic E-state index is 0.939. The normalized spacial score (nSPS) is 17.5. The van der Waals surface area contributed by atoms with Crippen LogP contribution in [-0.2, 0) is 0 Å². The van der Waals surface area contributed by atoms with E-state index in [4.69, 9.17) is 4.74 Å². The Labute approximate surface area is 149 Å². The number of anilines is 3. The van der Waals surface area contributed by atoms with Crippen molar-refractivity contribution in [2.75, 3.05) is 50.1 Å². The molecule has 1 fully saturated rings. The fraction of sp³-hybridized carbons (Fsp3) is 0.286. The lowest BCUT2D eigenvalue weighted by Gasteiger charge is -2.35. The van der Waals surface area contributed by atoms with Crippen LogP contribution in [0.5, 0.6) is 5.75 Å². The summed E-state index contributed by atoms with van der Waals surface area (Å²) in [5, 5.41) is 0. The second-order valence-electron chi connectivity index (χ2n) is 6.58. The molecule has 0 N–H and O–H groups in total. The predicted octanol–water partition coefficient (Wildman–Crippen LogP) is 3.66. The van der Waals surface area contributed by atoms with E-state index in [1.807, 2.05) is 0 Å². The number of allylic oxidation sites excluding steroid dienone is 1. The van der Waals surface area contributed by atoms with Crippen molar-refractivity contribution in [3.05, 3.63) is 66.7 Å². The predicted molar refractivity (Wildman–Crippen MR) is 104 cm³/mol. The molecule has 4 nitrogen and oxygen atoms in total. The van der Waals surface area contributed by atoms with E-state index < -0.39 is 0 Å². The molecule has 0 atom stereocenters. The Morgan fingerprint density at radius 1 is 0.920 bits per heavy atom.